The van der Waals surface area contributed by atoms with E-state index in [1.165, 1.54) is 23.1 Å². The van der Waals surface area contributed by atoms with E-state index in [1.807, 2.05) is 30.3 Å². The minimum Gasteiger partial charge on any atom is -0.405 e. The molecule has 0 aliphatic carbocycles. The van der Waals surface area contributed by atoms with Crippen LogP contribution in [0.5, 0.6) is 5.75 Å². The van der Waals surface area contributed by atoms with Gasteiger partial charge in [0.1, 0.15) is 12.1 Å². The van der Waals surface area contributed by atoms with E-state index in [4.69, 9.17) is 0 Å². The predicted molar refractivity (Wildman–Crippen MR) is 103 cm³/mol. The molecule has 2 aromatic carbocycles. The highest BCUT2D eigenvalue weighted by Crippen LogP contribution is 2.29. The molecule has 1 fully saturated rings. The molecule has 0 unspecified atom stereocenters. The Kier molecular flexibility index (Phi) is 5.96. The average molecular weight is 418 g/mol. The number of tetrazole rings is 1. The van der Waals surface area contributed by atoms with Gasteiger partial charge in [0.05, 0.1) is 5.69 Å². The van der Waals surface area contributed by atoms with Gasteiger partial charge in [0.2, 0.25) is 0 Å². The van der Waals surface area contributed by atoms with Gasteiger partial charge in [0.15, 0.2) is 0 Å². The number of halogens is 3. The summed E-state index contributed by atoms with van der Waals surface area (Å²) in [6.45, 7) is 1.10. The Morgan fingerprint density at radius 1 is 1.17 bits per heavy atom. The molecular weight excluding hydrogens is 397 g/mol. The van der Waals surface area contributed by atoms with Gasteiger partial charge in [-0.25, -0.2) is 4.68 Å². The highest BCUT2D eigenvalue weighted by atomic mass is 19.4. The summed E-state index contributed by atoms with van der Waals surface area (Å²) in [5.41, 5.74) is 2.06. The molecule has 1 aliphatic heterocycles. The zero-order valence-corrected chi connectivity index (χ0v) is 16.0. The highest BCUT2D eigenvalue weighted by Gasteiger charge is 2.32. The van der Waals surface area contributed by atoms with Crippen LogP contribution in [0.15, 0.2) is 54.9 Å². The fraction of sp³-hybridized carbons (Fsp3) is 0.350. The number of alkyl halides is 3. The van der Waals surface area contributed by atoms with Crippen molar-refractivity contribution >= 4 is 0 Å². The van der Waals surface area contributed by atoms with E-state index < -0.39 is 6.36 Å². The topological polar surface area (TPSA) is 76.9 Å². The first-order valence-electron chi connectivity index (χ1n) is 9.63. The molecule has 1 aliphatic rings. The Bertz CT molecular complexity index is 949. The van der Waals surface area contributed by atoms with E-state index in [2.05, 4.69) is 30.9 Å². The van der Waals surface area contributed by atoms with Crippen molar-refractivity contribution in [1.29, 1.82) is 0 Å². The molecule has 1 aromatic heterocycles. The summed E-state index contributed by atoms with van der Waals surface area (Å²) in [5, 5.41) is 17.9. The largest absolute Gasteiger partial charge is 0.573 e. The van der Waals surface area contributed by atoms with Gasteiger partial charge >= 0.3 is 6.36 Å². The average Bonchev–Trinajstić information content (AvgIpc) is 3.28. The van der Waals surface area contributed by atoms with E-state index in [0.29, 0.717) is 11.3 Å². The minimum absolute atomic E-state index is 0.0663. The summed E-state index contributed by atoms with van der Waals surface area (Å²) in [6, 6.07) is 14.5. The third-order valence-corrected chi connectivity index (χ3v) is 5.06. The third-order valence-electron chi connectivity index (χ3n) is 5.06. The number of ether oxygens (including phenoxy) is 1. The zero-order valence-electron chi connectivity index (χ0n) is 16.0. The lowest BCUT2D eigenvalue weighted by Crippen LogP contribution is -2.45. The van der Waals surface area contributed by atoms with Crippen molar-refractivity contribution in [3.63, 3.8) is 0 Å². The molecule has 158 valence electrons. The molecule has 2 heterocycles. The second-order valence-electron chi connectivity index (χ2n) is 7.07. The third kappa shape index (κ3) is 4.95. The smallest absolute Gasteiger partial charge is 0.405 e. The molecule has 4 rings (SSSR count). The molecule has 2 atom stereocenters. The summed E-state index contributed by atoms with van der Waals surface area (Å²) < 4.78 is 44.3. The molecule has 3 aromatic rings. The molecule has 30 heavy (non-hydrogen) atoms. The number of hydrogen-bond donors (Lipinski definition) is 2. The summed E-state index contributed by atoms with van der Waals surface area (Å²) in [7, 11) is 0. The molecule has 1 saturated heterocycles. The first-order valence-corrected chi connectivity index (χ1v) is 9.63. The normalized spacial score (nSPS) is 19.6. The number of rotatable bonds is 6. The number of benzene rings is 2. The van der Waals surface area contributed by atoms with E-state index in [-0.39, 0.29) is 24.4 Å². The van der Waals surface area contributed by atoms with Gasteiger partial charge in [-0.2, -0.15) is 0 Å². The first-order chi connectivity index (χ1) is 14.5. The predicted octanol–water partition coefficient (Wildman–Crippen LogP) is 3.14. The number of nitrogens with one attached hydrogen (secondary N) is 2. The van der Waals surface area contributed by atoms with Crippen molar-refractivity contribution in [2.75, 3.05) is 6.54 Å². The fourth-order valence-corrected chi connectivity index (χ4v) is 3.71. The molecule has 0 radical (unpaired) electrons. The molecule has 0 saturated carbocycles. The first kappa shape index (κ1) is 20.3. The molecule has 0 bridgehead atoms. The van der Waals surface area contributed by atoms with Crippen LogP contribution in [-0.4, -0.2) is 39.2 Å². The van der Waals surface area contributed by atoms with Gasteiger partial charge in [-0.15, -0.1) is 18.3 Å². The molecular formula is C20H21F3N6O. The van der Waals surface area contributed by atoms with Gasteiger partial charge in [-0.3, -0.25) is 0 Å². The van der Waals surface area contributed by atoms with Crippen molar-refractivity contribution in [3.8, 4) is 11.4 Å². The molecule has 7 nitrogen and oxygen atoms in total. The Morgan fingerprint density at radius 2 is 2.00 bits per heavy atom. The quantitative estimate of drug-likeness (QED) is 0.641. The Morgan fingerprint density at radius 3 is 2.73 bits per heavy atom. The summed E-state index contributed by atoms with van der Waals surface area (Å²) in [5.74, 6) is -0.244. The van der Waals surface area contributed by atoms with Crippen molar-refractivity contribution in [3.05, 3.63) is 66.0 Å². The van der Waals surface area contributed by atoms with Gasteiger partial charge in [0, 0.05) is 24.2 Å². The van der Waals surface area contributed by atoms with Crippen LogP contribution in [0.4, 0.5) is 13.2 Å². The zero-order chi connectivity index (χ0) is 21.0. The highest BCUT2D eigenvalue weighted by molar-refractivity contribution is 5.44. The van der Waals surface area contributed by atoms with Crippen molar-refractivity contribution in [2.24, 2.45) is 0 Å². The molecule has 0 amide bonds. The molecule has 0 spiro atoms. The standard InChI is InChI=1S/C20H21F3N6O/c21-20(22,23)30-18-9-8-16(29-13-26-27-28-29)11-15(18)12-25-17-7-4-10-24-19(17)14-5-2-1-3-6-14/h1-3,5-6,8-9,11,13,17,19,24-25H,4,7,10,12H2/t17-,19-/m0/s1. The second-order valence-corrected chi connectivity index (χ2v) is 7.07. The van der Waals surface area contributed by atoms with Gasteiger partial charge in [-0.1, -0.05) is 30.3 Å². The second kappa shape index (κ2) is 8.80. The lowest BCUT2D eigenvalue weighted by Gasteiger charge is -2.34. The number of nitrogens with zero attached hydrogens (tertiary/aromatic N) is 4. The minimum atomic E-state index is -4.77. The molecule has 10 heteroatoms. The maximum atomic E-state index is 12.9. The van der Waals surface area contributed by atoms with Crippen molar-refractivity contribution in [1.82, 2.24) is 30.8 Å². The van der Waals surface area contributed by atoms with Crippen LogP contribution in [0.25, 0.3) is 5.69 Å². The maximum absolute atomic E-state index is 12.9. The maximum Gasteiger partial charge on any atom is 0.573 e. The fourth-order valence-electron chi connectivity index (χ4n) is 3.71. The van der Waals surface area contributed by atoms with Crippen molar-refractivity contribution in [2.45, 2.75) is 37.8 Å². The number of piperidine rings is 1. The van der Waals surface area contributed by atoms with E-state index in [1.54, 1.807) is 6.07 Å². The van der Waals surface area contributed by atoms with Crippen LogP contribution in [0, 0.1) is 0 Å². The lowest BCUT2D eigenvalue weighted by atomic mass is 9.92. The Balaban J connectivity index is 1.56. The molecule has 2 N–H and O–H groups in total. The van der Waals surface area contributed by atoms with Crippen LogP contribution >= 0.6 is 0 Å². The monoisotopic (exact) mass is 418 g/mol. The lowest BCUT2D eigenvalue weighted by molar-refractivity contribution is -0.274. The van der Waals surface area contributed by atoms with Crippen molar-refractivity contribution < 1.29 is 17.9 Å². The Labute approximate surface area is 171 Å². The van der Waals surface area contributed by atoms with E-state index >= 15 is 0 Å². The van der Waals surface area contributed by atoms with E-state index in [0.717, 1.165) is 24.9 Å². The van der Waals surface area contributed by atoms with E-state index in [9.17, 15) is 13.2 Å². The summed E-state index contributed by atoms with van der Waals surface area (Å²) >= 11 is 0. The van der Waals surface area contributed by atoms with Gasteiger partial charge in [0.25, 0.3) is 0 Å². The number of aromatic nitrogens is 4. The SMILES string of the molecule is FC(F)(F)Oc1ccc(-n2cnnn2)cc1CN[C@H]1CCCN[C@H]1c1ccccc1. The van der Waals surface area contributed by atoms with Crippen LogP contribution in [0.3, 0.4) is 0 Å². The van der Waals surface area contributed by atoms with Gasteiger partial charge < -0.3 is 15.4 Å². The summed E-state index contributed by atoms with van der Waals surface area (Å²) in [6.07, 6.45) is -1.50. The van der Waals surface area contributed by atoms with Gasteiger partial charge in [-0.05, 0) is 53.6 Å². The van der Waals surface area contributed by atoms with Crippen LogP contribution in [-0.2, 0) is 6.54 Å². The summed E-state index contributed by atoms with van der Waals surface area (Å²) in [4.78, 5) is 0. The van der Waals surface area contributed by atoms with Crippen LogP contribution < -0.4 is 15.4 Å². The number of hydrogen-bond acceptors (Lipinski definition) is 6. The van der Waals surface area contributed by atoms with Crippen LogP contribution in [0.2, 0.25) is 0 Å². The Hall–Kier alpha value is -2.98. The van der Waals surface area contributed by atoms with Crippen LogP contribution in [0.1, 0.15) is 30.0 Å².